The van der Waals surface area contributed by atoms with Gasteiger partial charge in [-0.15, -0.1) is 0 Å². The molecule has 1 aliphatic heterocycles. The van der Waals surface area contributed by atoms with Gasteiger partial charge in [0.1, 0.15) is 18.4 Å². The number of amides is 1. The first kappa shape index (κ1) is 13.1. The summed E-state index contributed by atoms with van der Waals surface area (Å²) in [6, 6.07) is 12.8. The van der Waals surface area contributed by atoms with Gasteiger partial charge in [0.2, 0.25) is 5.91 Å². The van der Waals surface area contributed by atoms with E-state index in [0.717, 1.165) is 21.3 Å². The molecule has 0 radical (unpaired) electrons. The van der Waals surface area contributed by atoms with Gasteiger partial charge in [0.25, 0.3) is 0 Å². The quantitative estimate of drug-likeness (QED) is 0.908. The lowest BCUT2D eigenvalue weighted by molar-refractivity contribution is -0.116. The molecule has 1 unspecified atom stereocenters. The molecule has 0 aromatic heterocycles. The van der Waals surface area contributed by atoms with E-state index >= 15 is 0 Å². The highest BCUT2D eigenvalue weighted by atomic mass is 79.9. The smallest absolute Gasteiger partial charge is 0.245 e. The SMILES string of the molecule is NC1C(=O)Nc2cc(OCc3ccccc3Br)ccc21. The zero-order valence-electron chi connectivity index (χ0n) is 10.6. The van der Waals surface area contributed by atoms with Crippen molar-refractivity contribution >= 4 is 27.5 Å². The molecule has 1 atom stereocenters. The topological polar surface area (TPSA) is 64.4 Å². The van der Waals surface area contributed by atoms with E-state index < -0.39 is 6.04 Å². The van der Waals surface area contributed by atoms with Crippen LogP contribution in [0.3, 0.4) is 0 Å². The average Bonchev–Trinajstić information content (AvgIpc) is 2.73. The molecule has 1 heterocycles. The predicted molar refractivity (Wildman–Crippen MR) is 80.5 cm³/mol. The second-order valence-corrected chi connectivity index (χ2v) is 5.45. The lowest BCUT2D eigenvalue weighted by Crippen LogP contribution is -2.19. The highest BCUT2D eigenvalue weighted by molar-refractivity contribution is 9.10. The van der Waals surface area contributed by atoms with Crippen LogP contribution in [0.5, 0.6) is 5.75 Å². The van der Waals surface area contributed by atoms with Crippen molar-refractivity contribution in [3.63, 3.8) is 0 Å². The fraction of sp³-hybridized carbons (Fsp3) is 0.133. The molecule has 1 amide bonds. The van der Waals surface area contributed by atoms with Gasteiger partial charge in [-0.25, -0.2) is 0 Å². The lowest BCUT2D eigenvalue weighted by atomic mass is 10.1. The maximum atomic E-state index is 11.5. The van der Waals surface area contributed by atoms with E-state index in [1.54, 1.807) is 6.07 Å². The van der Waals surface area contributed by atoms with Gasteiger partial charge in [-0.2, -0.15) is 0 Å². The Hall–Kier alpha value is -1.85. The summed E-state index contributed by atoms with van der Waals surface area (Å²) in [4.78, 5) is 11.5. The summed E-state index contributed by atoms with van der Waals surface area (Å²) in [5, 5.41) is 2.74. The number of nitrogens with one attached hydrogen (secondary N) is 1. The van der Waals surface area contributed by atoms with Crippen LogP contribution in [0.1, 0.15) is 17.2 Å². The molecule has 0 saturated heterocycles. The third-order valence-electron chi connectivity index (χ3n) is 3.25. The first-order chi connectivity index (χ1) is 9.65. The highest BCUT2D eigenvalue weighted by Crippen LogP contribution is 2.32. The Morgan fingerprint density at radius 3 is 2.85 bits per heavy atom. The van der Waals surface area contributed by atoms with Crippen molar-refractivity contribution in [2.45, 2.75) is 12.6 Å². The van der Waals surface area contributed by atoms with Gasteiger partial charge in [0, 0.05) is 27.4 Å². The number of hydrogen-bond acceptors (Lipinski definition) is 3. The van der Waals surface area contributed by atoms with Crippen molar-refractivity contribution in [2.24, 2.45) is 5.73 Å². The van der Waals surface area contributed by atoms with Gasteiger partial charge in [-0.3, -0.25) is 4.79 Å². The van der Waals surface area contributed by atoms with Crippen LogP contribution < -0.4 is 15.8 Å². The van der Waals surface area contributed by atoms with E-state index in [9.17, 15) is 4.79 Å². The summed E-state index contributed by atoms with van der Waals surface area (Å²) in [5.41, 5.74) is 8.37. The zero-order chi connectivity index (χ0) is 14.1. The maximum absolute atomic E-state index is 11.5. The minimum Gasteiger partial charge on any atom is -0.489 e. The average molecular weight is 333 g/mol. The lowest BCUT2D eigenvalue weighted by Gasteiger charge is -2.09. The second-order valence-electron chi connectivity index (χ2n) is 4.60. The molecule has 0 bridgehead atoms. The van der Waals surface area contributed by atoms with Crippen LogP contribution in [0.4, 0.5) is 5.69 Å². The van der Waals surface area contributed by atoms with Crippen molar-refractivity contribution in [2.75, 3.05) is 5.32 Å². The molecule has 3 N–H and O–H groups in total. The molecule has 0 spiro atoms. The van der Waals surface area contributed by atoms with E-state index in [4.69, 9.17) is 10.5 Å². The normalized spacial score (nSPS) is 16.7. The maximum Gasteiger partial charge on any atom is 0.245 e. The highest BCUT2D eigenvalue weighted by Gasteiger charge is 2.27. The first-order valence-electron chi connectivity index (χ1n) is 6.22. The largest absolute Gasteiger partial charge is 0.489 e. The summed E-state index contributed by atoms with van der Waals surface area (Å²) >= 11 is 3.48. The Labute approximate surface area is 125 Å². The fourth-order valence-corrected chi connectivity index (χ4v) is 2.53. The predicted octanol–water partition coefficient (Wildman–Crippen LogP) is 2.98. The fourth-order valence-electron chi connectivity index (χ4n) is 2.13. The Kier molecular flexibility index (Phi) is 3.46. The van der Waals surface area contributed by atoms with Crippen molar-refractivity contribution in [1.29, 1.82) is 0 Å². The van der Waals surface area contributed by atoms with E-state index in [2.05, 4.69) is 21.2 Å². The van der Waals surface area contributed by atoms with Crippen LogP contribution in [-0.2, 0) is 11.4 Å². The van der Waals surface area contributed by atoms with Crippen molar-refractivity contribution < 1.29 is 9.53 Å². The minimum absolute atomic E-state index is 0.178. The van der Waals surface area contributed by atoms with Crippen LogP contribution >= 0.6 is 15.9 Å². The number of fused-ring (bicyclic) bond motifs is 1. The molecular weight excluding hydrogens is 320 g/mol. The molecule has 0 fully saturated rings. The molecule has 2 aromatic rings. The molecule has 0 saturated carbocycles. The Morgan fingerprint density at radius 1 is 1.25 bits per heavy atom. The van der Waals surface area contributed by atoms with Gasteiger partial charge in [0.15, 0.2) is 0 Å². The molecule has 3 rings (SSSR count). The number of carbonyl (C=O) groups excluding carboxylic acids is 1. The Morgan fingerprint density at radius 2 is 2.05 bits per heavy atom. The summed E-state index contributed by atoms with van der Waals surface area (Å²) in [7, 11) is 0. The standard InChI is InChI=1S/C15H13BrN2O2/c16-12-4-2-1-3-9(12)8-20-10-5-6-11-13(7-10)18-15(19)14(11)17/h1-7,14H,8,17H2,(H,18,19). The molecule has 102 valence electrons. The van der Waals surface area contributed by atoms with Crippen LogP contribution in [0, 0.1) is 0 Å². The monoisotopic (exact) mass is 332 g/mol. The minimum atomic E-state index is -0.581. The van der Waals surface area contributed by atoms with Gasteiger partial charge in [-0.05, 0) is 12.1 Å². The number of halogens is 1. The van der Waals surface area contributed by atoms with Gasteiger partial charge < -0.3 is 15.8 Å². The van der Waals surface area contributed by atoms with E-state index in [-0.39, 0.29) is 5.91 Å². The molecule has 0 aliphatic carbocycles. The number of ether oxygens (including phenoxy) is 1. The molecule has 4 nitrogen and oxygen atoms in total. The number of anilines is 1. The number of carbonyl (C=O) groups is 1. The first-order valence-corrected chi connectivity index (χ1v) is 7.01. The Balaban J connectivity index is 1.76. The molecule has 2 aromatic carbocycles. The van der Waals surface area contributed by atoms with Crippen molar-refractivity contribution in [3.8, 4) is 5.75 Å². The van der Waals surface area contributed by atoms with Crippen molar-refractivity contribution in [3.05, 3.63) is 58.1 Å². The number of benzene rings is 2. The molecular formula is C15H13BrN2O2. The van der Waals surface area contributed by atoms with Gasteiger partial charge in [-0.1, -0.05) is 40.2 Å². The third kappa shape index (κ3) is 2.42. The summed E-state index contributed by atoms with van der Waals surface area (Å²) < 4.78 is 6.76. The zero-order valence-corrected chi connectivity index (χ0v) is 12.2. The molecule has 20 heavy (non-hydrogen) atoms. The van der Waals surface area contributed by atoms with Crippen LogP contribution in [0.25, 0.3) is 0 Å². The summed E-state index contributed by atoms with van der Waals surface area (Å²) in [6.07, 6.45) is 0. The number of nitrogens with two attached hydrogens (primary N) is 1. The van der Waals surface area contributed by atoms with Crippen molar-refractivity contribution in [1.82, 2.24) is 0 Å². The molecule has 1 aliphatic rings. The summed E-state index contributed by atoms with van der Waals surface area (Å²) in [5.74, 6) is 0.525. The van der Waals surface area contributed by atoms with E-state index in [0.29, 0.717) is 12.4 Å². The van der Waals surface area contributed by atoms with Crippen LogP contribution in [-0.4, -0.2) is 5.91 Å². The second kappa shape index (κ2) is 5.26. The van der Waals surface area contributed by atoms with E-state index in [1.165, 1.54) is 0 Å². The molecule has 5 heteroatoms. The van der Waals surface area contributed by atoms with Crippen LogP contribution in [0.15, 0.2) is 46.9 Å². The number of hydrogen-bond donors (Lipinski definition) is 2. The van der Waals surface area contributed by atoms with Crippen LogP contribution in [0.2, 0.25) is 0 Å². The Bertz CT molecular complexity index is 673. The third-order valence-corrected chi connectivity index (χ3v) is 4.03. The van der Waals surface area contributed by atoms with E-state index in [1.807, 2.05) is 36.4 Å². The summed E-state index contributed by atoms with van der Waals surface area (Å²) in [6.45, 7) is 0.459. The van der Waals surface area contributed by atoms with Gasteiger partial charge >= 0.3 is 0 Å². The number of rotatable bonds is 3. The van der Waals surface area contributed by atoms with Gasteiger partial charge in [0.05, 0.1) is 0 Å².